The van der Waals surface area contributed by atoms with Crippen molar-refractivity contribution in [2.75, 3.05) is 0 Å². The zero-order chi connectivity index (χ0) is 19.0. The quantitative estimate of drug-likeness (QED) is 0.868. The van der Waals surface area contributed by atoms with Gasteiger partial charge < -0.3 is 10.0 Å². The molecule has 2 aliphatic rings. The lowest BCUT2D eigenvalue weighted by molar-refractivity contribution is -0.141. The van der Waals surface area contributed by atoms with Crippen LogP contribution in [0.2, 0.25) is 0 Å². The Morgan fingerprint density at radius 3 is 2.70 bits per heavy atom. The Hall–Kier alpha value is -2.21. The number of nitrogens with zero attached hydrogens (tertiary/aromatic N) is 2. The second kappa shape index (κ2) is 7.43. The SMILES string of the molecule is Cc1ccc(Cc2nc(C(=O)N3C(C(=O)O)CC4CCCCC43)cs2)cc1. The van der Waals surface area contributed by atoms with E-state index in [4.69, 9.17) is 0 Å². The first-order valence-electron chi connectivity index (χ1n) is 9.58. The molecule has 3 atom stereocenters. The number of carboxylic acid groups (broad SMARTS) is 1. The Kier molecular flexibility index (Phi) is 5.00. The molecule has 1 saturated heterocycles. The number of likely N-dealkylation sites (tertiary alicyclic amines) is 1. The minimum Gasteiger partial charge on any atom is -0.480 e. The molecule has 5 nitrogen and oxygen atoms in total. The van der Waals surface area contributed by atoms with E-state index in [-0.39, 0.29) is 11.9 Å². The van der Waals surface area contributed by atoms with Crippen molar-refractivity contribution >= 4 is 23.2 Å². The third-order valence-corrected chi connectivity index (χ3v) is 6.70. The lowest BCUT2D eigenvalue weighted by Gasteiger charge is -2.32. The van der Waals surface area contributed by atoms with Gasteiger partial charge in [0.15, 0.2) is 0 Å². The van der Waals surface area contributed by atoms with Gasteiger partial charge in [0.1, 0.15) is 11.7 Å². The number of carbonyl (C=O) groups is 2. The molecule has 1 amide bonds. The largest absolute Gasteiger partial charge is 0.480 e. The zero-order valence-electron chi connectivity index (χ0n) is 15.4. The van der Waals surface area contributed by atoms with E-state index in [1.54, 1.807) is 10.3 Å². The third-order valence-electron chi connectivity index (χ3n) is 5.85. The van der Waals surface area contributed by atoms with E-state index < -0.39 is 12.0 Å². The summed E-state index contributed by atoms with van der Waals surface area (Å²) in [5.74, 6) is -0.800. The second-order valence-electron chi connectivity index (χ2n) is 7.70. The maximum atomic E-state index is 13.1. The number of carbonyl (C=O) groups excluding carboxylic acids is 1. The predicted molar refractivity (Wildman–Crippen MR) is 104 cm³/mol. The number of aliphatic carboxylic acids is 1. The molecule has 0 spiro atoms. The summed E-state index contributed by atoms with van der Waals surface area (Å²) in [6.45, 7) is 2.05. The van der Waals surface area contributed by atoms with Crippen LogP contribution in [0.25, 0.3) is 0 Å². The van der Waals surface area contributed by atoms with Crippen molar-refractivity contribution in [2.45, 2.75) is 57.5 Å². The maximum absolute atomic E-state index is 13.1. The molecule has 1 aromatic heterocycles. The Morgan fingerprint density at radius 2 is 1.96 bits per heavy atom. The maximum Gasteiger partial charge on any atom is 0.326 e. The fourth-order valence-electron chi connectivity index (χ4n) is 4.48. The average Bonchev–Trinajstić information content (AvgIpc) is 3.28. The van der Waals surface area contributed by atoms with Crippen LogP contribution in [0.5, 0.6) is 0 Å². The van der Waals surface area contributed by atoms with Crippen molar-refractivity contribution in [2.24, 2.45) is 5.92 Å². The highest BCUT2D eigenvalue weighted by Gasteiger charge is 2.48. The van der Waals surface area contributed by atoms with Crippen molar-refractivity contribution in [3.05, 3.63) is 51.5 Å². The minimum absolute atomic E-state index is 0.0506. The molecule has 27 heavy (non-hydrogen) atoms. The molecule has 4 rings (SSSR count). The molecule has 0 bridgehead atoms. The number of fused-ring (bicyclic) bond motifs is 1. The zero-order valence-corrected chi connectivity index (χ0v) is 16.2. The van der Waals surface area contributed by atoms with E-state index >= 15 is 0 Å². The summed E-state index contributed by atoms with van der Waals surface area (Å²) in [5, 5.41) is 12.3. The lowest BCUT2D eigenvalue weighted by atomic mass is 9.84. The van der Waals surface area contributed by atoms with Gasteiger partial charge in [-0.15, -0.1) is 11.3 Å². The van der Waals surface area contributed by atoms with Crippen LogP contribution in [-0.2, 0) is 11.2 Å². The van der Waals surface area contributed by atoms with Crippen LogP contribution in [0.1, 0.15) is 58.7 Å². The molecule has 142 valence electrons. The van der Waals surface area contributed by atoms with Crippen LogP contribution < -0.4 is 0 Å². The summed E-state index contributed by atoms with van der Waals surface area (Å²) >= 11 is 1.47. The number of aromatic nitrogens is 1. The first-order valence-corrected chi connectivity index (χ1v) is 10.5. The summed E-state index contributed by atoms with van der Waals surface area (Å²) in [4.78, 5) is 31.0. The highest BCUT2D eigenvalue weighted by molar-refractivity contribution is 7.09. The molecule has 1 saturated carbocycles. The Bertz CT molecular complexity index is 845. The first-order chi connectivity index (χ1) is 13.0. The molecular formula is C21H24N2O3S. The number of hydrogen-bond acceptors (Lipinski definition) is 4. The summed E-state index contributed by atoms with van der Waals surface area (Å²) < 4.78 is 0. The van der Waals surface area contributed by atoms with Crippen LogP contribution in [0.3, 0.4) is 0 Å². The van der Waals surface area contributed by atoms with Crippen LogP contribution in [-0.4, -0.2) is 39.0 Å². The average molecular weight is 385 g/mol. The molecule has 2 aromatic rings. The van der Waals surface area contributed by atoms with E-state index in [9.17, 15) is 14.7 Å². The predicted octanol–water partition coefficient (Wildman–Crippen LogP) is 3.90. The van der Waals surface area contributed by atoms with Gasteiger partial charge in [0.2, 0.25) is 0 Å². The van der Waals surface area contributed by atoms with Gasteiger partial charge in [-0.2, -0.15) is 0 Å². The van der Waals surface area contributed by atoms with E-state index in [2.05, 4.69) is 36.2 Å². The highest BCUT2D eigenvalue weighted by Crippen LogP contribution is 2.40. The van der Waals surface area contributed by atoms with Crippen molar-refractivity contribution < 1.29 is 14.7 Å². The molecular weight excluding hydrogens is 360 g/mol. The van der Waals surface area contributed by atoms with Gasteiger partial charge in [-0.1, -0.05) is 42.7 Å². The Labute approximate surface area is 163 Å². The molecule has 1 aliphatic heterocycles. The van der Waals surface area contributed by atoms with E-state index in [1.807, 2.05) is 0 Å². The summed E-state index contributed by atoms with van der Waals surface area (Å²) in [6.07, 6.45) is 5.38. The van der Waals surface area contributed by atoms with Gasteiger partial charge >= 0.3 is 5.97 Å². The lowest BCUT2D eigenvalue weighted by Crippen LogP contribution is -2.46. The number of benzene rings is 1. The fraction of sp³-hybridized carbons (Fsp3) is 0.476. The fourth-order valence-corrected chi connectivity index (χ4v) is 5.28. The van der Waals surface area contributed by atoms with Gasteiger partial charge in [0, 0.05) is 17.8 Å². The van der Waals surface area contributed by atoms with Gasteiger partial charge in [-0.05, 0) is 37.7 Å². The molecule has 1 aromatic carbocycles. The Balaban J connectivity index is 1.54. The van der Waals surface area contributed by atoms with Crippen LogP contribution >= 0.6 is 11.3 Å². The van der Waals surface area contributed by atoms with E-state index in [0.29, 0.717) is 24.5 Å². The number of rotatable bonds is 4. The molecule has 2 fully saturated rings. The van der Waals surface area contributed by atoms with Crippen LogP contribution in [0.4, 0.5) is 0 Å². The minimum atomic E-state index is -0.896. The molecule has 1 N–H and O–H groups in total. The normalized spacial score (nSPS) is 24.6. The van der Waals surface area contributed by atoms with Crippen molar-refractivity contribution in [1.29, 1.82) is 0 Å². The first kappa shape index (κ1) is 18.2. The van der Waals surface area contributed by atoms with Crippen LogP contribution in [0, 0.1) is 12.8 Å². The number of hydrogen-bond donors (Lipinski definition) is 1. The van der Waals surface area contributed by atoms with Crippen molar-refractivity contribution in [3.63, 3.8) is 0 Å². The smallest absolute Gasteiger partial charge is 0.326 e. The summed E-state index contributed by atoms with van der Waals surface area (Å²) in [7, 11) is 0. The highest BCUT2D eigenvalue weighted by atomic mass is 32.1. The van der Waals surface area contributed by atoms with Gasteiger partial charge in [-0.25, -0.2) is 9.78 Å². The monoisotopic (exact) mass is 384 g/mol. The van der Waals surface area contributed by atoms with Crippen molar-refractivity contribution in [3.8, 4) is 0 Å². The van der Waals surface area contributed by atoms with Crippen molar-refractivity contribution in [1.82, 2.24) is 9.88 Å². The summed E-state index contributed by atoms with van der Waals surface area (Å²) in [5.41, 5.74) is 2.76. The molecule has 0 radical (unpaired) electrons. The van der Waals surface area contributed by atoms with E-state index in [0.717, 1.165) is 36.3 Å². The van der Waals surface area contributed by atoms with Crippen LogP contribution in [0.15, 0.2) is 29.6 Å². The molecule has 6 heteroatoms. The van der Waals surface area contributed by atoms with E-state index in [1.165, 1.54) is 16.9 Å². The molecule has 1 aliphatic carbocycles. The Morgan fingerprint density at radius 1 is 1.22 bits per heavy atom. The molecule has 3 unspecified atom stereocenters. The molecule has 2 heterocycles. The topological polar surface area (TPSA) is 70.5 Å². The summed E-state index contributed by atoms with van der Waals surface area (Å²) in [6, 6.07) is 7.62. The van der Waals surface area contributed by atoms with Gasteiger partial charge in [0.05, 0.1) is 5.01 Å². The number of aryl methyl sites for hydroxylation is 1. The second-order valence-corrected chi connectivity index (χ2v) is 8.65. The van der Waals surface area contributed by atoms with Gasteiger partial charge in [-0.3, -0.25) is 4.79 Å². The third kappa shape index (κ3) is 3.63. The standard InChI is InChI=1S/C21H24N2O3S/c1-13-6-8-14(9-7-13)10-19-22-16(12-27-19)20(24)23-17-5-3-2-4-15(17)11-18(23)21(25)26/h6-9,12,15,17-18H,2-5,10-11H2,1H3,(H,25,26). The number of thiazole rings is 1. The number of carboxylic acids is 1. The number of amides is 1. The van der Waals surface area contributed by atoms with Gasteiger partial charge in [0.25, 0.3) is 5.91 Å².